The van der Waals surface area contributed by atoms with Gasteiger partial charge in [0.25, 0.3) is 5.78 Å². The normalized spacial score (nSPS) is 9.86. The standard InChI is InChI=1S/C10H9ClO3/c1-2-6-3-7(5-8(11)4-6)9(12)10(13)14/h3-5H,2H2,1H3,(H,13,14). The summed E-state index contributed by atoms with van der Waals surface area (Å²) in [5, 5.41) is 8.88. The van der Waals surface area contributed by atoms with Gasteiger partial charge >= 0.3 is 5.97 Å². The first kappa shape index (κ1) is 10.7. The van der Waals surface area contributed by atoms with Crippen LogP contribution >= 0.6 is 11.6 Å². The quantitative estimate of drug-likeness (QED) is 0.617. The molecule has 0 bridgehead atoms. The summed E-state index contributed by atoms with van der Waals surface area (Å²) in [4.78, 5) is 21.5. The zero-order chi connectivity index (χ0) is 10.7. The molecule has 74 valence electrons. The molecule has 0 saturated heterocycles. The van der Waals surface area contributed by atoms with Crippen molar-refractivity contribution in [3.05, 3.63) is 34.3 Å². The van der Waals surface area contributed by atoms with E-state index in [1.165, 1.54) is 6.07 Å². The highest BCUT2D eigenvalue weighted by molar-refractivity contribution is 6.40. The minimum atomic E-state index is -1.46. The van der Waals surface area contributed by atoms with Crippen LogP contribution in [0.4, 0.5) is 0 Å². The van der Waals surface area contributed by atoms with E-state index in [2.05, 4.69) is 0 Å². The van der Waals surface area contributed by atoms with E-state index in [1.54, 1.807) is 12.1 Å². The third-order valence-electron chi connectivity index (χ3n) is 1.82. The van der Waals surface area contributed by atoms with Gasteiger partial charge in [-0.1, -0.05) is 18.5 Å². The molecule has 0 unspecified atom stereocenters. The van der Waals surface area contributed by atoms with E-state index in [4.69, 9.17) is 16.7 Å². The van der Waals surface area contributed by atoms with Gasteiger partial charge in [0.1, 0.15) is 0 Å². The Balaban J connectivity index is 3.15. The van der Waals surface area contributed by atoms with Crippen molar-refractivity contribution < 1.29 is 14.7 Å². The fourth-order valence-corrected chi connectivity index (χ4v) is 1.37. The Labute approximate surface area is 86.3 Å². The Bertz CT molecular complexity index is 385. The number of aliphatic carboxylic acids is 1. The summed E-state index contributed by atoms with van der Waals surface area (Å²) in [5.41, 5.74) is 0.976. The monoisotopic (exact) mass is 212 g/mol. The molecule has 0 fully saturated rings. The van der Waals surface area contributed by atoms with Crippen LogP contribution in [0.3, 0.4) is 0 Å². The predicted octanol–water partition coefficient (Wildman–Crippen LogP) is 2.17. The summed E-state index contributed by atoms with van der Waals surface area (Å²) in [6.45, 7) is 1.90. The minimum absolute atomic E-state index is 0.127. The number of aryl methyl sites for hydroxylation is 1. The van der Waals surface area contributed by atoms with Crippen molar-refractivity contribution in [3.63, 3.8) is 0 Å². The predicted molar refractivity (Wildman–Crippen MR) is 52.8 cm³/mol. The van der Waals surface area contributed by atoms with E-state index in [1.807, 2.05) is 6.92 Å². The van der Waals surface area contributed by atoms with Gasteiger partial charge in [-0.3, -0.25) is 4.79 Å². The molecule has 0 spiro atoms. The Morgan fingerprint density at radius 2 is 2.00 bits per heavy atom. The number of halogens is 1. The van der Waals surface area contributed by atoms with Crippen molar-refractivity contribution in [2.45, 2.75) is 13.3 Å². The Kier molecular flexibility index (Phi) is 3.25. The van der Waals surface area contributed by atoms with Gasteiger partial charge in [0.2, 0.25) is 0 Å². The Hall–Kier alpha value is -1.35. The third kappa shape index (κ3) is 2.33. The Morgan fingerprint density at radius 1 is 1.36 bits per heavy atom. The lowest BCUT2D eigenvalue weighted by Gasteiger charge is -2.01. The summed E-state index contributed by atoms with van der Waals surface area (Å²) >= 11 is 5.73. The van der Waals surface area contributed by atoms with Crippen molar-refractivity contribution in [1.29, 1.82) is 0 Å². The number of carbonyl (C=O) groups excluding carboxylic acids is 1. The molecule has 0 heterocycles. The second-order valence-corrected chi connectivity index (χ2v) is 3.27. The van der Waals surface area contributed by atoms with Crippen LogP contribution in [-0.4, -0.2) is 16.9 Å². The van der Waals surface area contributed by atoms with Gasteiger partial charge in [-0.25, -0.2) is 4.79 Å². The molecule has 0 radical (unpaired) electrons. The molecule has 4 heteroatoms. The summed E-state index contributed by atoms with van der Waals surface area (Å²) in [7, 11) is 0. The highest BCUT2D eigenvalue weighted by Gasteiger charge is 2.15. The van der Waals surface area contributed by atoms with Gasteiger partial charge in [0.05, 0.1) is 0 Å². The zero-order valence-corrected chi connectivity index (χ0v) is 8.34. The fourth-order valence-electron chi connectivity index (χ4n) is 1.11. The molecule has 0 atom stereocenters. The molecular weight excluding hydrogens is 204 g/mol. The first-order valence-electron chi connectivity index (χ1n) is 4.11. The number of hydrogen-bond donors (Lipinski definition) is 1. The number of carboxylic acids is 1. The molecule has 1 aromatic carbocycles. The summed E-state index contributed by atoms with van der Waals surface area (Å²) in [6.07, 6.45) is 0.709. The maximum atomic E-state index is 11.1. The van der Waals surface area contributed by atoms with Crippen molar-refractivity contribution in [2.75, 3.05) is 0 Å². The number of benzene rings is 1. The average Bonchev–Trinajstić information content (AvgIpc) is 2.15. The number of carbonyl (C=O) groups is 2. The smallest absolute Gasteiger partial charge is 0.377 e. The first-order chi connectivity index (χ1) is 6.54. The van der Waals surface area contributed by atoms with Crippen LogP contribution in [0.15, 0.2) is 18.2 Å². The van der Waals surface area contributed by atoms with E-state index in [-0.39, 0.29) is 5.56 Å². The average molecular weight is 213 g/mol. The molecule has 0 amide bonds. The van der Waals surface area contributed by atoms with Gasteiger partial charge in [0, 0.05) is 10.6 Å². The van der Waals surface area contributed by atoms with Crippen LogP contribution in [0, 0.1) is 0 Å². The lowest BCUT2D eigenvalue weighted by Crippen LogP contribution is -2.12. The number of hydrogen-bond acceptors (Lipinski definition) is 2. The van der Waals surface area contributed by atoms with Gasteiger partial charge in [-0.2, -0.15) is 0 Å². The summed E-state index contributed by atoms with van der Waals surface area (Å²) in [6, 6.07) is 4.61. The molecule has 0 aliphatic heterocycles. The number of ketones is 1. The molecular formula is C10H9ClO3. The summed E-state index contributed by atoms with van der Waals surface area (Å²) in [5.74, 6) is -2.39. The van der Waals surface area contributed by atoms with Crippen LogP contribution in [0.25, 0.3) is 0 Å². The minimum Gasteiger partial charge on any atom is -0.475 e. The van der Waals surface area contributed by atoms with Crippen LogP contribution in [-0.2, 0) is 11.2 Å². The van der Waals surface area contributed by atoms with Gasteiger partial charge in [0.15, 0.2) is 0 Å². The summed E-state index contributed by atoms with van der Waals surface area (Å²) < 4.78 is 0. The van der Waals surface area contributed by atoms with E-state index in [9.17, 15) is 9.59 Å². The molecule has 0 saturated carbocycles. The van der Waals surface area contributed by atoms with Crippen LogP contribution in [0.5, 0.6) is 0 Å². The molecule has 1 rings (SSSR count). The highest BCUT2D eigenvalue weighted by Crippen LogP contribution is 2.16. The molecule has 1 N–H and O–H groups in total. The number of carboxylic acid groups (broad SMARTS) is 1. The highest BCUT2D eigenvalue weighted by atomic mass is 35.5. The second kappa shape index (κ2) is 4.24. The number of rotatable bonds is 3. The van der Waals surface area contributed by atoms with Crippen LogP contribution in [0.2, 0.25) is 5.02 Å². The first-order valence-corrected chi connectivity index (χ1v) is 4.49. The lowest BCUT2D eigenvalue weighted by molar-refractivity contribution is -0.131. The van der Waals surface area contributed by atoms with Gasteiger partial charge in [-0.05, 0) is 30.2 Å². The van der Waals surface area contributed by atoms with Crippen molar-refractivity contribution >= 4 is 23.4 Å². The van der Waals surface area contributed by atoms with E-state index in [0.717, 1.165) is 5.56 Å². The van der Waals surface area contributed by atoms with E-state index < -0.39 is 11.8 Å². The lowest BCUT2D eigenvalue weighted by atomic mass is 10.1. The fraction of sp³-hybridized carbons (Fsp3) is 0.200. The van der Waals surface area contributed by atoms with Gasteiger partial charge in [-0.15, -0.1) is 0 Å². The van der Waals surface area contributed by atoms with Crippen molar-refractivity contribution in [2.24, 2.45) is 0 Å². The van der Waals surface area contributed by atoms with E-state index >= 15 is 0 Å². The van der Waals surface area contributed by atoms with Crippen LogP contribution < -0.4 is 0 Å². The zero-order valence-electron chi connectivity index (χ0n) is 7.58. The maximum Gasteiger partial charge on any atom is 0.377 e. The molecule has 0 aliphatic carbocycles. The Morgan fingerprint density at radius 3 is 2.50 bits per heavy atom. The third-order valence-corrected chi connectivity index (χ3v) is 2.04. The number of Topliss-reactive ketones (excluding diaryl/α,β-unsaturated/α-hetero) is 1. The molecule has 14 heavy (non-hydrogen) atoms. The van der Waals surface area contributed by atoms with Crippen molar-refractivity contribution in [1.82, 2.24) is 0 Å². The van der Waals surface area contributed by atoms with Crippen molar-refractivity contribution in [3.8, 4) is 0 Å². The van der Waals surface area contributed by atoms with Gasteiger partial charge < -0.3 is 5.11 Å². The van der Waals surface area contributed by atoms with Crippen LogP contribution in [0.1, 0.15) is 22.8 Å². The molecule has 1 aromatic rings. The molecule has 0 aromatic heterocycles. The SMILES string of the molecule is CCc1cc(Cl)cc(C(=O)C(=O)O)c1. The largest absolute Gasteiger partial charge is 0.475 e. The molecule has 0 aliphatic rings. The maximum absolute atomic E-state index is 11.1. The topological polar surface area (TPSA) is 54.4 Å². The molecule has 3 nitrogen and oxygen atoms in total. The second-order valence-electron chi connectivity index (χ2n) is 2.84. The van der Waals surface area contributed by atoms with E-state index in [0.29, 0.717) is 11.4 Å².